The normalized spacial score (nSPS) is 15.8. The van der Waals surface area contributed by atoms with E-state index in [2.05, 4.69) is 0 Å². The minimum Gasteiger partial charge on any atom is -0.207 e. The summed E-state index contributed by atoms with van der Waals surface area (Å²) in [5.74, 6) is -0.494. The molecule has 0 amide bonds. The molecule has 3 aromatic carbocycles. The molecular formula is C18H13F6S2+. The van der Waals surface area contributed by atoms with Gasteiger partial charge in [0.25, 0.3) is 0 Å². The van der Waals surface area contributed by atoms with Crippen molar-refractivity contribution < 1.29 is 23.8 Å². The highest BCUT2D eigenvalue weighted by Crippen LogP contribution is 3.02. The molecule has 0 N–H and O–H groups in total. The Labute approximate surface area is 149 Å². The summed E-state index contributed by atoms with van der Waals surface area (Å²) in [6.45, 7) is 0. The summed E-state index contributed by atoms with van der Waals surface area (Å²) >= 11 is 0. The van der Waals surface area contributed by atoms with Crippen molar-refractivity contribution in [2.75, 3.05) is 0 Å². The van der Waals surface area contributed by atoms with Crippen molar-refractivity contribution in [2.45, 2.75) is 19.6 Å². The highest BCUT2D eigenvalue weighted by atomic mass is 32.5. The van der Waals surface area contributed by atoms with Crippen LogP contribution in [0.25, 0.3) is 0 Å². The van der Waals surface area contributed by atoms with Gasteiger partial charge in [-0.2, -0.15) is 0 Å². The van der Waals surface area contributed by atoms with Crippen LogP contribution in [0.2, 0.25) is 0 Å². The average molecular weight is 407 g/mol. The van der Waals surface area contributed by atoms with E-state index in [9.17, 15) is 23.8 Å². The van der Waals surface area contributed by atoms with E-state index in [0.29, 0.717) is 21.9 Å². The standard InChI is InChI=1S/C18H13F6S2/c19-14-9-11-16(12-10-14)25(15-5-2-1-3-6-15)17-7-4-8-18(13-17)26(20,21,22,23)24/h1-13H/q+1. The van der Waals surface area contributed by atoms with E-state index in [1.54, 1.807) is 30.3 Å². The molecule has 0 heterocycles. The van der Waals surface area contributed by atoms with Crippen LogP contribution in [0.3, 0.4) is 0 Å². The maximum Gasteiger partial charge on any atom is 0.310 e. The minimum absolute atomic E-state index is 0.0774. The lowest BCUT2D eigenvalue weighted by Gasteiger charge is -2.40. The molecule has 0 saturated carbocycles. The first-order chi connectivity index (χ1) is 11.9. The molecule has 0 aliphatic heterocycles. The Morgan fingerprint density at radius 3 is 1.69 bits per heavy atom. The number of benzene rings is 3. The Morgan fingerprint density at radius 1 is 0.577 bits per heavy atom. The molecule has 0 saturated heterocycles. The molecule has 0 fully saturated rings. The van der Waals surface area contributed by atoms with Crippen LogP contribution in [-0.4, -0.2) is 0 Å². The molecule has 0 aromatic heterocycles. The fourth-order valence-electron chi connectivity index (χ4n) is 2.38. The van der Waals surface area contributed by atoms with E-state index < -0.39 is 31.8 Å². The van der Waals surface area contributed by atoms with Crippen LogP contribution in [-0.2, 0) is 10.9 Å². The average Bonchev–Trinajstić information content (AvgIpc) is 2.56. The second-order valence-corrected chi connectivity index (χ2v) is 9.95. The molecular weight excluding hydrogens is 394 g/mol. The SMILES string of the molecule is Fc1ccc([S+](c2ccccc2)c2cccc(S(F)(F)(F)(F)F)c2)cc1. The summed E-state index contributed by atoms with van der Waals surface area (Å²) < 4.78 is 79.2. The van der Waals surface area contributed by atoms with Crippen molar-refractivity contribution in [3.8, 4) is 0 Å². The van der Waals surface area contributed by atoms with Crippen LogP contribution in [0.1, 0.15) is 0 Å². The molecule has 0 radical (unpaired) electrons. The topological polar surface area (TPSA) is 0 Å². The van der Waals surface area contributed by atoms with E-state index >= 15 is 0 Å². The van der Waals surface area contributed by atoms with Crippen LogP contribution >= 0.6 is 10.2 Å². The third-order valence-corrected chi connectivity index (χ3v) is 6.87. The molecule has 8 heteroatoms. The third kappa shape index (κ3) is 4.19. The maximum atomic E-state index is 13.2. The van der Waals surface area contributed by atoms with Gasteiger partial charge in [-0.1, -0.05) is 43.7 Å². The molecule has 1 atom stereocenters. The van der Waals surface area contributed by atoms with Crippen LogP contribution in [0.15, 0.2) is 98.4 Å². The van der Waals surface area contributed by atoms with Gasteiger partial charge in [-0.3, -0.25) is 0 Å². The molecule has 0 bridgehead atoms. The zero-order valence-corrected chi connectivity index (χ0v) is 14.7. The van der Waals surface area contributed by atoms with Gasteiger partial charge in [-0.05, 0) is 48.5 Å². The van der Waals surface area contributed by atoms with Crippen LogP contribution in [0, 0.1) is 5.82 Å². The Balaban J connectivity index is 2.20. The summed E-state index contributed by atoms with van der Waals surface area (Å²) in [7, 11) is -10.9. The largest absolute Gasteiger partial charge is 0.310 e. The van der Waals surface area contributed by atoms with E-state index in [1.165, 1.54) is 30.3 Å². The number of hydrogen-bond acceptors (Lipinski definition) is 0. The first kappa shape index (κ1) is 18.7. The lowest BCUT2D eigenvalue weighted by atomic mass is 10.3. The molecule has 0 aliphatic rings. The number of halogens is 6. The quantitative estimate of drug-likeness (QED) is 0.309. The number of hydrogen-bond donors (Lipinski definition) is 0. The molecule has 3 aromatic rings. The second kappa shape index (κ2) is 5.72. The van der Waals surface area contributed by atoms with Gasteiger partial charge in [0.15, 0.2) is 14.7 Å². The van der Waals surface area contributed by atoms with Crippen LogP contribution in [0.4, 0.5) is 23.8 Å². The summed E-state index contributed by atoms with van der Waals surface area (Å²) in [5.41, 5.74) is 0. The molecule has 26 heavy (non-hydrogen) atoms. The van der Waals surface area contributed by atoms with Gasteiger partial charge in [-0.15, -0.1) is 0 Å². The second-order valence-electron chi connectivity index (χ2n) is 5.52. The van der Waals surface area contributed by atoms with Crippen LogP contribution < -0.4 is 0 Å². The molecule has 1 unspecified atom stereocenters. The molecule has 3 rings (SSSR count). The van der Waals surface area contributed by atoms with Crippen molar-refractivity contribution in [1.82, 2.24) is 0 Å². The first-order valence-electron chi connectivity index (χ1n) is 7.33. The van der Waals surface area contributed by atoms with Crippen molar-refractivity contribution >= 4 is 21.1 Å². The Morgan fingerprint density at radius 2 is 1.12 bits per heavy atom. The zero-order chi connectivity index (χ0) is 19.1. The van der Waals surface area contributed by atoms with Crippen molar-refractivity contribution in [1.29, 1.82) is 0 Å². The minimum atomic E-state index is -9.79. The fourth-order valence-corrected chi connectivity index (χ4v) is 5.25. The monoisotopic (exact) mass is 407 g/mol. The van der Waals surface area contributed by atoms with E-state index in [0.717, 1.165) is 6.07 Å². The van der Waals surface area contributed by atoms with E-state index in [1.807, 2.05) is 0 Å². The molecule has 0 aliphatic carbocycles. The maximum absolute atomic E-state index is 13.2. The predicted octanol–water partition coefficient (Wildman–Crippen LogP) is 7.58. The molecule has 138 valence electrons. The Hall–Kier alpha value is -2.06. The Kier molecular flexibility index (Phi) is 4.12. The molecule has 0 nitrogen and oxygen atoms in total. The molecule has 0 spiro atoms. The highest BCUT2D eigenvalue weighted by Gasteiger charge is 2.65. The summed E-state index contributed by atoms with van der Waals surface area (Å²) in [4.78, 5) is -0.693. The smallest absolute Gasteiger partial charge is 0.207 e. The summed E-state index contributed by atoms with van der Waals surface area (Å²) in [6, 6.07) is 17.0. The van der Waals surface area contributed by atoms with Gasteiger partial charge in [0, 0.05) is 6.07 Å². The highest BCUT2D eigenvalue weighted by molar-refractivity contribution is 8.45. The lowest BCUT2D eigenvalue weighted by Crippen LogP contribution is -2.09. The summed E-state index contributed by atoms with van der Waals surface area (Å²) in [6.07, 6.45) is 0. The van der Waals surface area contributed by atoms with E-state index in [-0.39, 0.29) is 4.90 Å². The van der Waals surface area contributed by atoms with Gasteiger partial charge in [-0.25, -0.2) is 4.39 Å². The number of rotatable bonds is 4. The lowest BCUT2D eigenvalue weighted by molar-refractivity contribution is 0.363. The Bertz CT molecular complexity index is 922. The van der Waals surface area contributed by atoms with Crippen molar-refractivity contribution in [3.05, 3.63) is 84.7 Å². The van der Waals surface area contributed by atoms with Gasteiger partial charge >= 0.3 is 10.2 Å². The zero-order valence-electron chi connectivity index (χ0n) is 13.1. The van der Waals surface area contributed by atoms with E-state index in [4.69, 9.17) is 0 Å². The fraction of sp³-hybridized carbons (Fsp3) is 0. The van der Waals surface area contributed by atoms with Crippen LogP contribution in [0.5, 0.6) is 0 Å². The van der Waals surface area contributed by atoms with Crippen molar-refractivity contribution in [3.63, 3.8) is 0 Å². The van der Waals surface area contributed by atoms with Gasteiger partial charge in [0.05, 0.1) is 10.9 Å². The van der Waals surface area contributed by atoms with Gasteiger partial charge < -0.3 is 0 Å². The first-order valence-corrected chi connectivity index (χ1v) is 10.5. The van der Waals surface area contributed by atoms with Gasteiger partial charge in [0.2, 0.25) is 0 Å². The predicted molar refractivity (Wildman–Crippen MR) is 92.8 cm³/mol. The van der Waals surface area contributed by atoms with Gasteiger partial charge in [0.1, 0.15) is 10.7 Å². The summed E-state index contributed by atoms with van der Waals surface area (Å²) in [5, 5.41) is 0. The third-order valence-electron chi connectivity index (χ3n) is 3.51. The van der Waals surface area contributed by atoms with Crippen molar-refractivity contribution in [2.24, 2.45) is 0 Å².